The first-order chi connectivity index (χ1) is 9.11. The van der Waals surface area contributed by atoms with E-state index in [1.807, 2.05) is 0 Å². The van der Waals surface area contributed by atoms with Crippen molar-refractivity contribution in [1.82, 2.24) is 5.32 Å². The second-order valence-electron chi connectivity index (χ2n) is 4.67. The molecule has 1 aliphatic carbocycles. The van der Waals surface area contributed by atoms with E-state index < -0.39 is 0 Å². The number of carbonyl (C=O) groups is 1. The number of nitrogens with two attached hydrogens (primary N) is 1. The van der Waals surface area contributed by atoms with Crippen LogP contribution in [0.15, 0.2) is 29.4 Å². The highest BCUT2D eigenvalue weighted by Gasteiger charge is 2.21. The molecule has 0 saturated heterocycles. The number of benzene rings is 1. The largest absolute Gasteiger partial charge is 0.409 e. The topological polar surface area (TPSA) is 91.0 Å². The minimum Gasteiger partial charge on any atom is -0.409 e. The number of urea groups is 1. The number of amides is 2. The van der Waals surface area contributed by atoms with Crippen molar-refractivity contribution in [1.29, 1.82) is 0 Å². The number of rotatable bonds is 3. The van der Waals surface area contributed by atoms with Crippen LogP contribution < -0.4 is 16.0 Å². The van der Waals surface area contributed by atoms with E-state index in [9.17, 15) is 4.79 Å². The van der Waals surface area contributed by atoms with Crippen molar-refractivity contribution in [3.63, 3.8) is 0 Å². The van der Waals surface area contributed by atoms with E-state index >= 15 is 0 Å². The maximum atomic E-state index is 11.9. The Morgan fingerprint density at radius 1 is 1.42 bits per heavy atom. The normalized spacial score (nSPS) is 15.7. The van der Waals surface area contributed by atoms with Crippen LogP contribution in [-0.2, 0) is 0 Å². The van der Waals surface area contributed by atoms with Gasteiger partial charge in [-0.1, -0.05) is 5.16 Å². The molecule has 0 heterocycles. The Hall–Kier alpha value is -2.24. The molecule has 0 bridgehead atoms. The molecule has 0 aromatic heterocycles. The van der Waals surface area contributed by atoms with Gasteiger partial charge >= 0.3 is 6.03 Å². The second-order valence-corrected chi connectivity index (χ2v) is 4.67. The fourth-order valence-corrected chi connectivity index (χ4v) is 1.85. The van der Waals surface area contributed by atoms with Crippen molar-refractivity contribution in [3.8, 4) is 0 Å². The Labute approximate surface area is 111 Å². The van der Waals surface area contributed by atoms with E-state index in [0.29, 0.717) is 11.6 Å². The summed E-state index contributed by atoms with van der Waals surface area (Å²) in [5.74, 6) is 0.0492. The van der Waals surface area contributed by atoms with Gasteiger partial charge in [0.05, 0.1) is 0 Å². The molecule has 2 amide bonds. The first-order valence-corrected chi connectivity index (χ1v) is 6.24. The lowest BCUT2D eigenvalue weighted by atomic mass is 9.93. The SMILES string of the molecule is CN(C(=O)NC1CCC1)c1ccc(/C(N)=N/O)cc1. The van der Waals surface area contributed by atoms with Gasteiger partial charge in [0.1, 0.15) is 0 Å². The van der Waals surface area contributed by atoms with Gasteiger partial charge in [-0.25, -0.2) is 4.79 Å². The van der Waals surface area contributed by atoms with E-state index in [0.717, 1.165) is 18.5 Å². The monoisotopic (exact) mass is 262 g/mol. The number of anilines is 1. The number of hydrogen-bond donors (Lipinski definition) is 3. The fourth-order valence-electron chi connectivity index (χ4n) is 1.85. The van der Waals surface area contributed by atoms with Crippen LogP contribution in [0.25, 0.3) is 0 Å². The Morgan fingerprint density at radius 2 is 2.05 bits per heavy atom. The van der Waals surface area contributed by atoms with Crippen LogP contribution in [0.2, 0.25) is 0 Å². The number of amidine groups is 1. The molecule has 19 heavy (non-hydrogen) atoms. The Kier molecular flexibility index (Phi) is 3.89. The molecule has 1 aliphatic rings. The average molecular weight is 262 g/mol. The van der Waals surface area contributed by atoms with Gasteiger partial charge in [-0.05, 0) is 43.5 Å². The molecule has 4 N–H and O–H groups in total. The van der Waals surface area contributed by atoms with E-state index in [2.05, 4.69) is 10.5 Å². The molecule has 1 aromatic carbocycles. The minimum absolute atomic E-state index is 0.0492. The fraction of sp³-hybridized carbons (Fsp3) is 0.385. The zero-order valence-electron chi connectivity index (χ0n) is 10.8. The van der Waals surface area contributed by atoms with E-state index in [4.69, 9.17) is 10.9 Å². The highest BCUT2D eigenvalue weighted by atomic mass is 16.4. The van der Waals surface area contributed by atoms with Crippen molar-refractivity contribution in [2.45, 2.75) is 25.3 Å². The maximum absolute atomic E-state index is 11.9. The van der Waals surface area contributed by atoms with Crippen molar-refractivity contribution in [3.05, 3.63) is 29.8 Å². The number of oxime groups is 1. The van der Waals surface area contributed by atoms with Crippen molar-refractivity contribution in [2.24, 2.45) is 10.9 Å². The third kappa shape index (κ3) is 2.96. The molecule has 1 saturated carbocycles. The van der Waals surface area contributed by atoms with Gasteiger partial charge in [0, 0.05) is 24.3 Å². The Morgan fingerprint density at radius 3 is 2.53 bits per heavy atom. The number of nitrogens with one attached hydrogen (secondary N) is 1. The van der Waals surface area contributed by atoms with Crippen molar-refractivity contribution < 1.29 is 10.0 Å². The first-order valence-electron chi connectivity index (χ1n) is 6.24. The second kappa shape index (κ2) is 5.60. The third-order valence-electron chi connectivity index (χ3n) is 3.40. The summed E-state index contributed by atoms with van der Waals surface area (Å²) >= 11 is 0. The van der Waals surface area contributed by atoms with E-state index in [1.165, 1.54) is 6.42 Å². The lowest BCUT2D eigenvalue weighted by molar-refractivity contribution is 0.235. The lowest BCUT2D eigenvalue weighted by Crippen LogP contribution is -2.46. The number of carbonyl (C=O) groups excluding carboxylic acids is 1. The standard InChI is InChI=1S/C13H18N4O2/c1-17(13(18)15-10-3-2-4-10)11-7-5-9(6-8-11)12(14)16-19/h5-8,10,19H,2-4H2,1H3,(H2,14,16)(H,15,18). The number of nitrogens with zero attached hydrogens (tertiary/aromatic N) is 2. The minimum atomic E-state index is -0.110. The molecule has 6 heteroatoms. The third-order valence-corrected chi connectivity index (χ3v) is 3.40. The smallest absolute Gasteiger partial charge is 0.321 e. The first kappa shape index (κ1) is 13.2. The van der Waals surface area contributed by atoms with Crippen LogP contribution in [0.1, 0.15) is 24.8 Å². The Balaban J connectivity index is 2.02. The van der Waals surface area contributed by atoms with Crippen LogP contribution >= 0.6 is 0 Å². The highest BCUT2D eigenvalue weighted by Crippen LogP contribution is 2.19. The molecule has 0 atom stereocenters. The van der Waals surface area contributed by atoms with Crippen molar-refractivity contribution >= 4 is 17.6 Å². The summed E-state index contributed by atoms with van der Waals surface area (Å²) < 4.78 is 0. The van der Waals surface area contributed by atoms with Gasteiger partial charge in [-0.15, -0.1) is 0 Å². The molecule has 0 radical (unpaired) electrons. The molecule has 0 spiro atoms. The summed E-state index contributed by atoms with van der Waals surface area (Å²) in [6.45, 7) is 0. The van der Waals surface area contributed by atoms with Crippen LogP contribution in [-0.4, -0.2) is 30.2 Å². The predicted molar refractivity (Wildman–Crippen MR) is 73.5 cm³/mol. The molecule has 1 fully saturated rings. The lowest BCUT2D eigenvalue weighted by Gasteiger charge is -2.29. The zero-order chi connectivity index (χ0) is 13.8. The summed E-state index contributed by atoms with van der Waals surface area (Å²) in [4.78, 5) is 13.5. The van der Waals surface area contributed by atoms with Crippen LogP contribution in [0, 0.1) is 0 Å². The van der Waals surface area contributed by atoms with Crippen LogP contribution in [0.3, 0.4) is 0 Å². The Bertz CT molecular complexity index is 480. The molecule has 0 aliphatic heterocycles. The molecule has 102 valence electrons. The molecule has 6 nitrogen and oxygen atoms in total. The summed E-state index contributed by atoms with van der Waals surface area (Å²) in [6, 6.07) is 7.13. The van der Waals surface area contributed by atoms with Gasteiger partial charge < -0.3 is 16.3 Å². The van der Waals surface area contributed by atoms with Crippen LogP contribution in [0.5, 0.6) is 0 Å². The van der Waals surface area contributed by atoms with Gasteiger partial charge in [0.25, 0.3) is 0 Å². The van der Waals surface area contributed by atoms with Gasteiger partial charge in [-0.3, -0.25) is 4.90 Å². The molecular weight excluding hydrogens is 244 g/mol. The van der Waals surface area contributed by atoms with Gasteiger partial charge in [0.15, 0.2) is 5.84 Å². The summed E-state index contributed by atoms with van der Waals surface area (Å²) in [7, 11) is 1.71. The quantitative estimate of drug-likeness (QED) is 0.333. The molecule has 0 unspecified atom stereocenters. The van der Waals surface area contributed by atoms with Crippen LogP contribution in [0.4, 0.5) is 10.5 Å². The van der Waals surface area contributed by atoms with Gasteiger partial charge in [-0.2, -0.15) is 0 Å². The summed E-state index contributed by atoms with van der Waals surface area (Å²) in [5, 5.41) is 14.5. The van der Waals surface area contributed by atoms with E-state index in [-0.39, 0.29) is 11.9 Å². The maximum Gasteiger partial charge on any atom is 0.321 e. The van der Waals surface area contributed by atoms with Crippen molar-refractivity contribution in [2.75, 3.05) is 11.9 Å². The summed E-state index contributed by atoms with van der Waals surface area (Å²) in [6.07, 6.45) is 3.30. The average Bonchev–Trinajstić information content (AvgIpc) is 2.41. The zero-order valence-corrected chi connectivity index (χ0v) is 10.8. The predicted octanol–water partition coefficient (Wildman–Crippen LogP) is 1.48. The molecular formula is C13H18N4O2. The highest BCUT2D eigenvalue weighted by molar-refractivity contribution is 5.98. The van der Waals surface area contributed by atoms with Gasteiger partial charge in [0.2, 0.25) is 0 Å². The number of hydrogen-bond acceptors (Lipinski definition) is 3. The molecule has 2 rings (SSSR count). The summed E-state index contributed by atoms with van der Waals surface area (Å²) in [5.41, 5.74) is 6.84. The molecule has 1 aromatic rings. The van der Waals surface area contributed by atoms with E-state index in [1.54, 1.807) is 36.2 Å².